The number of aromatic carboxylic acids is 1. The van der Waals surface area contributed by atoms with Gasteiger partial charge in [-0.2, -0.15) is 0 Å². The summed E-state index contributed by atoms with van der Waals surface area (Å²) in [6.07, 6.45) is 2.92. The van der Waals surface area contributed by atoms with Crippen molar-refractivity contribution >= 4 is 108 Å². The minimum Gasteiger partial charge on any atom is -0.871 e. The first-order valence-corrected chi connectivity index (χ1v) is 12.5. The molecule has 4 rings (SSSR count). The number of halogens is 4. The monoisotopic (exact) mass is 882 g/mol. The molecule has 0 saturated heterocycles. The van der Waals surface area contributed by atoms with E-state index in [1.54, 1.807) is 24.3 Å². The standard InChI is InChI=1S/C20H10I4O5.2Na/c21-11-5-9-13(7-3-1-2-4-8(7)20(27)28)10-6-12(22)17(26)15(24)19(10)29-18(9)14(23)16(11)25;;/h1-6,9,18,25H,(H,27,28);;/q;2*+1/p-2. The Morgan fingerprint density at radius 1 is 1.03 bits per heavy atom. The van der Waals surface area contributed by atoms with Crippen LogP contribution in [0.2, 0.25) is 0 Å². The largest absolute Gasteiger partial charge is 1.00 e. The molecule has 1 aromatic rings. The molecule has 2 unspecified atom stereocenters. The van der Waals surface area contributed by atoms with E-state index in [0.29, 0.717) is 36.8 Å². The average molecular weight is 882 g/mol. The van der Waals surface area contributed by atoms with Crippen LogP contribution < -0.4 is 69.3 Å². The summed E-state index contributed by atoms with van der Waals surface area (Å²) in [6, 6.07) is 6.62. The number of hydrogen-bond donors (Lipinski definition) is 0. The summed E-state index contributed by atoms with van der Waals surface area (Å²) in [7, 11) is 0. The van der Waals surface area contributed by atoms with Crippen LogP contribution in [0, 0.1) is 5.92 Å². The Hall–Kier alpha value is 1.58. The molecule has 1 aliphatic heterocycles. The van der Waals surface area contributed by atoms with Gasteiger partial charge in [0.1, 0.15) is 15.4 Å². The Labute approximate surface area is 277 Å². The van der Waals surface area contributed by atoms with Gasteiger partial charge < -0.3 is 19.7 Å². The minimum absolute atomic E-state index is 0. The van der Waals surface area contributed by atoms with E-state index < -0.39 is 12.1 Å². The van der Waals surface area contributed by atoms with E-state index in [0.717, 1.165) is 0 Å². The van der Waals surface area contributed by atoms with Gasteiger partial charge in [0.15, 0.2) is 0 Å². The summed E-state index contributed by atoms with van der Waals surface area (Å²) < 4.78 is 8.15. The second-order valence-corrected chi connectivity index (χ2v) is 10.9. The quantitative estimate of drug-likeness (QED) is 0.247. The van der Waals surface area contributed by atoms with Crippen LogP contribution in [0.1, 0.15) is 15.9 Å². The third-order valence-electron chi connectivity index (χ3n) is 4.77. The van der Waals surface area contributed by atoms with Gasteiger partial charge >= 0.3 is 59.1 Å². The Bertz CT molecular complexity index is 1150. The smallest absolute Gasteiger partial charge is 0.871 e. The maximum atomic E-state index is 12.5. The molecule has 0 spiro atoms. The number of rotatable bonds is 2. The molecule has 5 nitrogen and oxygen atoms in total. The molecule has 1 aromatic carbocycles. The van der Waals surface area contributed by atoms with Crippen molar-refractivity contribution in [2.45, 2.75) is 6.10 Å². The fraction of sp³-hybridized carbons (Fsp3) is 0.100. The van der Waals surface area contributed by atoms with Crippen LogP contribution in [0.4, 0.5) is 0 Å². The van der Waals surface area contributed by atoms with Gasteiger partial charge in [-0.15, -0.1) is 0 Å². The van der Waals surface area contributed by atoms with Gasteiger partial charge in [0.25, 0.3) is 0 Å². The zero-order valence-corrected chi connectivity index (χ0v) is 28.8. The van der Waals surface area contributed by atoms with Crippen molar-refractivity contribution in [3.63, 3.8) is 0 Å². The molecule has 31 heavy (non-hydrogen) atoms. The van der Waals surface area contributed by atoms with Crippen molar-refractivity contribution in [2.24, 2.45) is 5.92 Å². The number of Topliss-reactive ketones (excluding diaryl/α,β-unsaturated/α-hetero) is 1. The first-order valence-electron chi connectivity index (χ1n) is 8.20. The normalized spacial score (nSPS) is 22.4. The number of ketones is 1. The van der Waals surface area contributed by atoms with E-state index >= 15 is 0 Å². The van der Waals surface area contributed by atoms with Gasteiger partial charge in [-0.05, 0) is 108 Å². The number of carbonyl (C=O) groups excluding carboxylic acids is 2. The second-order valence-electron chi connectivity index (χ2n) is 6.38. The van der Waals surface area contributed by atoms with Crippen LogP contribution in [0.3, 0.4) is 0 Å². The summed E-state index contributed by atoms with van der Waals surface area (Å²) in [4.78, 5) is 24.3. The van der Waals surface area contributed by atoms with Crippen molar-refractivity contribution < 1.29 is 83.7 Å². The van der Waals surface area contributed by atoms with Crippen LogP contribution in [0.15, 0.2) is 67.8 Å². The maximum absolute atomic E-state index is 12.5. The number of hydrogen-bond acceptors (Lipinski definition) is 5. The number of carboxylic acid groups (broad SMARTS) is 1. The van der Waals surface area contributed by atoms with Gasteiger partial charge in [-0.3, -0.25) is 4.79 Å². The van der Waals surface area contributed by atoms with E-state index in [1.165, 1.54) is 6.07 Å². The number of fused-ring (bicyclic) bond motifs is 2. The maximum Gasteiger partial charge on any atom is 1.00 e. The van der Waals surface area contributed by atoms with E-state index in [4.69, 9.17) is 4.74 Å². The summed E-state index contributed by atoms with van der Waals surface area (Å²) in [5.41, 5.74) is 1.92. The van der Waals surface area contributed by atoms with Crippen LogP contribution in [-0.2, 0) is 9.53 Å². The average Bonchev–Trinajstić information content (AvgIpc) is 2.69. The molecule has 0 fully saturated rings. The van der Waals surface area contributed by atoms with Crippen molar-refractivity contribution in [3.8, 4) is 0 Å². The SMILES string of the molecule is O=C1C(I)=CC2=C(c3ccccc3C(=O)[O-])C3C=C(I)C([O-])=C(I)C3OC2=C1I.[Na+].[Na+]. The Morgan fingerprint density at radius 3 is 2.32 bits per heavy atom. The van der Waals surface area contributed by atoms with Gasteiger partial charge in [0.2, 0.25) is 5.78 Å². The molecule has 0 aromatic heterocycles. The van der Waals surface area contributed by atoms with Crippen molar-refractivity contribution in [1.82, 2.24) is 0 Å². The third kappa shape index (κ3) is 5.25. The summed E-state index contributed by atoms with van der Waals surface area (Å²) in [5, 5.41) is 24.4. The number of allylic oxidation sites excluding steroid dienone is 4. The third-order valence-corrected chi connectivity index (χ3v) is 8.51. The molecule has 1 heterocycles. The van der Waals surface area contributed by atoms with Crippen LogP contribution in [-0.4, -0.2) is 17.9 Å². The summed E-state index contributed by atoms with van der Waals surface area (Å²) in [5.74, 6) is -1.55. The van der Waals surface area contributed by atoms with Crippen LogP contribution in [0.5, 0.6) is 0 Å². The zero-order chi connectivity index (χ0) is 21.0. The fourth-order valence-corrected chi connectivity index (χ4v) is 7.31. The number of ether oxygens (including phenoxy) is 1. The van der Waals surface area contributed by atoms with Gasteiger partial charge in [0, 0.05) is 24.2 Å². The van der Waals surface area contributed by atoms with Crippen LogP contribution in [0.25, 0.3) is 5.57 Å². The predicted molar refractivity (Wildman–Crippen MR) is 137 cm³/mol. The van der Waals surface area contributed by atoms with Gasteiger partial charge in [-0.25, -0.2) is 0 Å². The molecule has 2 atom stereocenters. The van der Waals surface area contributed by atoms with E-state index in [1.807, 2.05) is 96.4 Å². The first-order chi connectivity index (χ1) is 13.7. The van der Waals surface area contributed by atoms with E-state index in [-0.39, 0.29) is 82.1 Å². The second kappa shape index (κ2) is 11.5. The Kier molecular flexibility index (Phi) is 10.7. The topological polar surface area (TPSA) is 89.5 Å². The molecule has 0 N–H and O–H groups in total. The molecule has 0 bridgehead atoms. The molecule has 3 aliphatic rings. The van der Waals surface area contributed by atoms with E-state index in [9.17, 15) is 19.8 Å². The van der Waals surface area contributed by atoms with Crippen molar-refractivity contribution in [1.29, 1.82) is 0 Å². The molecule has 2 aliphatic carbocycles. The van der Waals surface area contributed by atoms with Gasteiger partial charge in [0.05, 0.1) is 9.55 Å². The summed E-state index contributed by atoms with van der Waals surface area (Å²) in [6.45, 7) is 0. The summed E-state index contributed by atoms with van der Waals surface area (Å²) >= 11 is 7.90. The first kappa shape index (κ1) is 28.8. The number of carboxylic acids is 1. The number of benzene rings is 1. The zero-order valence-electron chi connectivity index (χ0n) is 16.2. The molecular weight excluding hydrogens is 874 g/mol. The van der Waals surface area contributed by atoms with Crippen molar-refractivity contribution in [3.05, 3.63) is 79.0 Å². The Morgan fingerprint density at radius 2 is 1.68 bits per heavy atom. The molecule has 0 radical (unpaired) electrons. The number of carbonyl (C=O) groups is 2. The molecule has 0 saturated carbocycles. The van der Waals surface area contributed by atoms with Crippen LogP contribution >= 0.6 is 90.4 Å². The van der Waals surface area contributed by atoms with Crippen molar-refractivity contribution in [2.75, 3.05) is 0 Å². The molecular formula is C20H8I4Na2O5. The molecule has 11 heteroatoms. The fourth-order valence-electron chi connectivity index (χ4n) is 3.51. The predicted octanol–water partition coefficient (Wildman–Crippen LogP) is -2.29. The Balaban J connectivity index is 0.00000171. The molecule has 148 valence electrons. The van der Waals surface area contributed by atoms with E-state index in [2.05, 4.69) is 0 Å². The minimum atomic E-state index is -1.29. The molecule has 0 amide bonds. The van der Waals surface area contributed by atoms with Gasteiger partial charge in [-0.1, -0.05) is 36.1 Å².